The summed E-state index contributed by atoms with van der Waals surface area (Å²) in [6, 6.07) is 4.87. The van der Waals surface area contributed by atoms with Crippen LogP contribution in [0.3, 0.4) is 0 Å². The molecule has 0 aromatic heterocycles. The maximum atomic E-state index is 10.9. The summed E-state index contributed by atoms with van der Waals surface area (Å²) in [4.78, 5) is 10.4. The number of ether oxygens (including phenoxy) is 1. The molecule has 1 aromatic rings. The lowest BCUT2D eigenvalue weighted by molar-refractivity contribution is -0.385. The van der Waals surface area contributed by atoms with Gasteiger partial charge in [0.05, 0.1) is 11.5 Å². The van der Waals surface area contributed by atoms with E-state index in [1.54, 1.807) is 19.1 Å². The maximum Gasteiger partial charge on any atom is 0.310 e. The van der Waals surface area contributed by atoms with E-state index >= 15 is 0 Å². The van der Waals surface area contributed by atoms with Gasteiger partial charge >= 0.3 is 5.69 Å². The molecular formula is C13H16N2O3. The van der Waals surface area contributed by atoms with Crippen molar-refractivity contribution in [3.63, 3.8) is 0 Å². The lowest BCUT2D eigenvalue weighted by Crippen LogP contribution is -2.06. The van der Waals surface area contributed by atoms with Crippen LogP contribution in [0.25, 0.3) is 0 Å². The zero-order valence-electron chi connectivity index (χ0n) is 10.5. The maximum absolute atomic E-state index is 10.9. The van der Waals surface area contributed by atoms with Crippen molar-refractivity contribution >= 4 is 5.69 Å². The van der Waals surface area contributed by atoms with E-state index < -0.39 is 4.92 Å². The lowest BCUT2D eigenvalue weighted by Gasteiger charge is -2.07. The Morgan fingerprint density at radius 1 is 1.50 bits per heavy atom. The van der Waals surface area contributed by atoms with E-state index in [0.717, 1.165) is 5.56 Å². The van der Waals surface area contributed by atoms with Crippen LogP contribution in [0.4, 0.5) is 5.69 Å². The molecule has 1 N–H and O–H groups in total. The Bertz CT molecular complexity index is 475. The molecule has 5 heteroatoms. The standard InChI is InChI=1S/C13H16N2O3/c1-3-4-5-8-18-13-9-11(10-14-2)6-7-12(13)15(16)17/h6-7,9,14H,5,8,10H2,1-2H3. The number of benzene rings is 1. The largest absolute Gasteiger partial charge is 0.486 e. The van der Waals surface area contributed by atoms with Gasteiger partial charge in [-0.2, -0.15) is 0 Å². The summed E-state index contributed by atoms with van der Waals surface area (Å²) >= 11 is 0. The first-order chi connectivity index (χ1) is 8.69. The Morgan fingerprint density at radius 3 is 2.89 bits per heavy atom. The van der Waals surface area contributed by atoms with Crippen molar-refractivity contribution in [1.82, 2.24) is 5.32 Å². The predicted molar refractivity (Wildman–Crippen MR) is 69.4 cm³/mol. The zero-order chi connectivity index (χ0) is 13.4. The van der Waals surface area contributed by atoms with Crippen LogP contribution in [0, 0.1) is 22.0 Å². The third kappa shape index (κ3) is 4.07. The van der Waals surface area contributed by atoms with Crippen LogP contribution in [0.1, 0.15) is 18.9 Å². The quantitative estimate of drug-likeness (QED) is 0.362. The van der Waals surface area contributed by atoms with Gasteiger partial charge in [0.25, 0.3) is 0 Å². The minimum Gasteiger partial charge on any atom is -0.486 e. The topological polar surface area (TPSA) is 64.4 Å². The van der Waals surface area contributed by atoms with Gasteiger partial charge in [-0.15, -0.1) is 11.8 Å². The van der Waals surface area contributed by atoms with E-state index in [4.69, 9.17) is 4.74 Å². The van der Waals surface area contributed by atoms with Crippen LogP contribution >= 0.6 is 0 Å². The lowest BCUT2D eigenvalue weighted by atomic mass is 10.2. The smallest absolute Gasteiger partial charge is 0.310 e. The van der Waals surface area contributed by atoms with Crippen molar-refractivity contribution in [1.29, 1.82) is 0 Å². The zero-order valence-corrected chi connectivity index (χ0v) is 10.5. The molecule has 0 saturated carbocycles. The van der Waals surface area contributed by atoms with Crippen molar-refractivity contribution in [2.24, 2.45) is 0 Å². The van der Waals surface area contributed by atoms with Gasteiger partial charge in [0.15, 0.2) is 5.75 Å². The van der Waals surface area contributed by atoms with Crippen LogP contribution in [-0.4, -0.2) is 18.6 Å². The average Bonchev–Trinajstić information content (AvgIpc) is 2.35. The van der Waals surface area contributed by atoms with Gasteiger partial charge in [-0.1, -0.05) is 6.07 Å². The van der Waals surface area contributed by atoms with Gasteiger partial charge in [-0.3, -0.25) is 10.1 Å². The molecule has 18 heavy (non-hydrogen) atoms. The van der Waals surface area contributed by atoms with E-state index in [2.05, 4.69) is 17.2 Å². The molecule has 1 aromatic carbocycles. The molecule has 0 bridgehead atoms. The highest BCUT2D eigenvalue weighted by molar-refractivity contribution is 5.48. The second kappa shape index (κ2) is 7.30. The highest BCUT2D eigenvalue weighted by atomic mass is 16.6. The molecule has 0 aliphatic carbocycles. The van der Waals surface area contributed by atoms with Crippen LogP contribution in [0.2, 0.25) is 0 Å². The van der Waals surface area contributed by atoms with Gasteiger partial charge in [0.2, 0.25) is 0 Å². The van der Waals surface area contributed by atoms with E-state index in [-0.39, 0.29) is 5.69 Å². The highest BCUT2D eigenvalue weighted by Crippen LogP contribution is 2.28. The van der Waals surface area contributed by atoms with Gasteiger partial charge in [-0.25, -0.2) is 0 Å². The Balaban J connectivity index is 2.84. The number of nitro benzene ring substituents is 1. The average molecular weight is 248 g/mol. The molecule has 96 valence electrons. The van der Waals surface area contributed by atoms with Crippen LogP contribution in [0.5, 0.6) is 5.75 Å². The van der Waals surface area contributed by atoms with Gasteiger partial charge in [-0.05, 0) is 25.6 Å². The fourth-order valence-electron chi connectivity index (χ4n) is 1.48. The molecule has 0 aliphatic rings. The highest BCUT2D eigenvalue weighted by Gasteiger charge is 2.15. The fourth-order valence-corrected chi connectivity index (χ4v) is 1.48. The second-order valence-corrected chi connectivity index (χ2v) is 3.61. The molecule has 0 spiro atoms. The van der Waals surface area contributed by atoms with Crippen molar-refractivity contribution in [3.05, 3.63) is 33.9 Å². The summed E-state index contributed by atoms with van der Waals surface area (Å²) in [6.45, 7) is 2.74. The van der Waals surface area contributed by atoms with Crippen LogP contribution in [-0.2, 0) is 6.54 Å². The Labute approximate surface area is 106 Å². The second-order valence-electron chi connectivity index (χ2n) is 3.61. The summed E-state index contributed by atoms with van der Waals surface area (Å²) in [6.07, 6.45) is 0.559. The molecule has 0 amide bonds. The third-order valence-corrected chi connectivity index (χ3v) is 2.26. The van der Waals surface area contributed by atoms with Crippen LogP contribution < -0.4 is 10.1 Å². The number of nitrogens with zero attached hydrogens (tertiary/aromatic N) is 1. The third-order valence-electron chi connectivity index (χ3n) is 2.26. The first kappa shape index (κ1) is 14.0. The Kier molecular flexibility index (Phi) is 5.68. The van der Waals surface area contributed by atoms with E-state index in [1.165, 1.54) is 6.07 Å². The SMILES string of the molecule is CC#CCCOc1cc(CNC)ccc1[N+](=O)[O-]. The molecular weight excluding hydrogens is 232 g/mol. The normalized spacial score (nSPS) is 9.44. The number of nitrogens with one attached hydrogen (secondary N) is 1. The van der Waals surface area contributed by atoms with Crippen molar-refractivity contribution in [3.8, 4) is 17.6 Å². The van der Waals surface area contributed by atoms with Gasteiger partial charge < -0.3 is 10.1 Å². The molecule has 0 aliphatic heterocycles. The summed E-state index contributed by atoms with van der Waals surface area (Å²) in [7, 11) is 1.82. The van der Waals surface area contributed by atoms with Crippen molar-refractivity contribution < 1.29 is 9.66 Å². The van der Waals surface area contributed by atoms with E-state index in [9.17, 15) is 10.1 Å². The molecule has 5 nitrogen and oxygen atoms in total. The fraction of sp³-hybridized carbons (Fsp3) is 0.385. The summed E-state index contributed by atoms with van der Waals surface area (Å²) in [5.41, 5.74) is 0.930. The summed E-state index contributed by atoms with van der Waals surface area (Å²) < 4.78 is 5.42. The summed E-state index contributed by atoms with van der Waals surface area (Å²) in [5.74, 6) is 5.90. The Hall–Kier alpha value is -2.06. The summed E-state index contributed by atoms with van der Waals surface area (Å²) in [5, 5.41) is 13.9. The minimum absolute atomic E-state index is 0.0145. The van der Waals surface area contributed by atoms with Crippen molar-refractivity contribution in [2.75, 3.05) is 13.7 Å². The van der Waals surface area contributed by atoms with Gasteiger partial charge in [0, 0.05) is 19.0 Å². The molecule has 0 saturated heterocycles. The first-order valence-corrected chi connectivity index (χ1v) is 5.63. The molecule has 0 radical (unpaired) electrons. The molecule has 0 atom stereocenters. The molecule has 1 rings (SSSR count). The molecule has 0 fully saturated rings. The number of nitro groups is 1. The van der Waals surface area contributed by atoms with Gasteiger partial charge in [0.1, 0.15) is 0 Å². The number of rotatable bonds is 6. The van der Waals surface area contributed by atoms with Crippen molar-refractivity contribution in [2.45, 2.75) is 19.9 Å². The predicted octanol–water partition coefficient (Wildman–Crippen LogP) is 2.11. The number of hydrogen-bond acceptors (Lipinski definition) is 4. The molecule has 0 unspecified atom stereocenters. The molecule has 0 heterocycles. The van der Waals surface area contributed by atoms with E-state index in [1.807, 2.05) is 7.05 Å². The van der Waals surface area contributed by atoms with E-state index in [0.29, 0.717) is 25.3 Å². The monoisotopic (exact) mass is 248 g/mol. The first-order valence-electron chi connectivity index (χ1n) is 5.63. The van der Waals surface area contributed by atoms with Crippen LogP contribution in [0.15, 0.2) is 18.2 Å². The minimum atomic E-state index is -0.440. The number of hydrogen-bond donors (Lipinski definition) is 1. The Morgan fingerprint density at radius 2 is 2.28 bits per heavy atom.